The van der Waals surface area contributed by atoms with E-state index in [-0.39, 0.29) is 29.7 Å². The van der Waals surface area contributed by atoms with E-state index in [1.165, 1.54) is 0 Å². The second-order valence-corrected chi connectivity index (χ2v) is 6.67. The Morgan fingerprint density at radius 3 is 2.47 bits per heavy atom. The summed E-state index contributed by atoms with van der Waals surface area (Å²) in [4.78, 5) is 26.6. The molecular formula is C15H26N2O2. The minimum absolute atomic E-state index is 0.00606. The third kappa shape index (κ3) is 2.31. The van der Waals surface area contributed by atoms with Gasteiger partial charge in [0.05, 0.1) is 5.41 Å². The molecule has 3 atom stereocenters. The highest BCUT2D eigenvalue weighted by atomic mass is 16.2. The van der Waals surface area contributed by atoms with Crippen molar-refractivity contribution in [2.24, 2.45) is 23.0 Å². The zero-order valence-electron chi connectivity index (χ0n) is 12.3. The van der Waals surface area contributed by atoms with E-state index in [0.717, 1.165) is 25.7 Å². The molecule has 2 amide bonds. The van der Waals surface area contributed by atoms with E-state index in [2.05, 4.69) is 0 Å². The van der Waals surface area contributed by atoms with Crippen molar-refractivity contribution in [3.05, 3.63) is 0 Å². The van der Waals surface area contributed by atoms with Gasteiger partial charge in [0.25, 0.3) is 0 Å². The van der Waals surface area contributed by atoms with Crippen molar-refractivity contribution in [1.82, 2.24) is 4.90 Å². The molecule has 4 heteroatoms. The minimum Gasteiger partial charge on any atom is -0.330 e. The molecule has 1 heterocycles. The van der Waals surface area contributed by atoms with Gasteiger partial charge in [0.2, 0.25) is 11.8 Å². The normalized spacial score (nSPS) is 36.4. The van der Waals surface area contributed by atoms with E-state index >= 15 is 0 Å². The summed E-state index contributed by atoms with van der Waals surface area (Å²) < 4.78 is 0. The van der Waals surface area contributed by atoms with E-state index in [1.54, 1.807) is 4.90 Å². The van der Waals surface area contributed by atoms with E-state index in [0.29, 0.717) is 13.0 Å². The first kappa shape index (κ1) is 14.5. The number of amides is 2. The molecule has 2 fully saturated rings. The summed E-state index contributed by atoms with van der Waals surface area (Å²) in [5, 5.41) is 0. The molecule has 2 N–H and O–H groups in total. The lowest BCUT2D eigenvalue weighted by Gasteiger charge is -2.37. The van der Waals surface area contributed by atoms with Crippen LogP contribution in [0, 0.1) is 17.3 Å². The first-order valence-corrected chi connectivity index (χ1v) is 7.48. The third-order valence-electron chi connectivity index (χ3n) is 5.27. The Labute approximate surface area is 115 Å². The van der Waals surface area contributed by atoms with Crippen LogP contribution in [0.2, 0.25) is 0 Å². The van der Waals surface area contributed by atoms with Gasteiger partial charge in [-0.05, 0) is 38.1 Å². The Kier molecular flexibility index (Phi) is 4.00. The fourth-order valence-electron chi connectivity index (χ4n) is 3.45. The monoisotopic (exact) mass is 266 g/mol. The minimum atomic E-state index is -0.520. The Balaban J connectivity index is 2.24. The number of rotatable bonds is 3. The van der Waals surface area contributed by atoms with Gasteiger partial charge in [0.15, 0.2) is 0 Å². The molecule has 0 aromatic carbocycles. The summed E-state index contributed by atoms with van der Waals surface area (Å²) >= 11 is 0. The summed E-state index contributed by atoms with van der Waals surface area (Å²) in [5.41, 5.74) is 5.31. The second kappa shape index (κ2) is 5.23. The van der Waals surface area contributed by atoms with Crippen LogP contribution in [0.1, 0.15) is 52.9 Å². The van der Waals surface area contributed by atoms with Gasteiger partial charge < -0.3 is 5.73 Å². The lowest BCUT2D eigenvalue weighted by Crippen LogP contribution is -2.49. The smallest absolute Gasteiger partial charge is 0.236 e. The van der Waals surface area contributed by atoms with Gasteiger partial charge in [-0.2, -0.15) is 0 Å². The number of carbonyl (C=O) groups excluding carboxylic acids is 2. The number of hydrogen-bond acceptors (Lipinski definition) is 3. The number of hydrogen-bond donors (Lipinski definition) is 1. The third-order valence-corrected chi connectivity index (χ3v) is 5.27. The predicted molar refractivity (Wildman–Crippen MR) is 74.2 cm³/mol. The quantitative estimate of drug-likeness (QED) is 0.794. The number of carbonyl (C=O) groups is 2. The Morgan fingerprint density at radius 2 is 1.95 bits per heavy atom. The maximum Gasteiger partial charge on any atom is 0.236 e. The molecule has 1 aliphatic heterocycles. The van der Waals surface area contributed by atoms with Gasteiger partial charge in [0.1, 0.15) is 0 Å². The van der Waals surface area contributed by atoms with Crippen molar-refractivity contribution in [2.75, 3.05) is 6.54 Å². The summed E-state index contributed by atoms with van der Waals surface area (Å²) in [5.74, 6) is 0.509. The average Bonchev–Trinajstić information content (AvgIpc) is 2.61. The molecule has 1 saturated carbocycles. The largest absolute Gasteiger partial charge is 0.330 e. The standard InChI is InChI=1S/C15H26N2O2/c1-10(2)15(3)8-13(18)17(14(15)19)12-7-5-4-6-11(12)9-16/h10-12H,4-9,16H2,1-3H3. The molecule has 19 heavy (non-hydrogen) atoms. The van der Waals surface area contributed by atoms with Crippen molar-refractivity contribution in [3.8, 4) is 0 Å². The maximum absolute atomic E-state index is 12.7. The zero-order valence-corrected chi connectivity index (χ0v) is 12.3. The summed E-state index contributed by atoms with van der Waals surface area (Å²) in [7, 11) is 0. The van der Waals surface area contributed by atoms with Crippen LogP contribution in [-0.4, -0.2) is 29.3 Å². The van der Waals surface area contributed by atoms with Gasteiger partial charge in [-0.1, -0.05) is 26.7 Å². The molecule has 2 rings (SSSR count). The first-order chi connectivity index (χ1) is 8.91. The molecule has 0 radical (unpaired) electrons. The van der Waals surface area contributed by atoms with E-state index in [1.807, 2.05) is 20.8 Å². The van der Waals surface area contributed by atoms with Crippen molar-refractivity contribution >= 4 is 11.8 Å². The predicted octanol–water partition coefficient (Wildman–Crippen LogP) is 1.93. The van der Waals surface area contributed by atoms with Crippen LogP contribution in [0.5, 0.6) is 0 Å². The van der Waals surface area contributed by atoms with Gasteiger partial charge >= 0.3 is 0 Å². The molecule has 0 bridgehead atoms. The second-order valence-electron chi connectivity index (χ2n) is 6.67. The molecule has 4 nitrogen and oxygen atoms in total. The highest BCUT2D eigenvalue weighted by molar-refractivity contribution is 6.06. The van der Waals surface area contributed by atoms with E-state index in [4.69, 9.17) is 5.73 Å². The Bertz CT molecular complexity index is 380. The van der Waals surface area contributed by atoms with Crippen LogP contribution >= 0.6 is 0 Å². The van der Waals surface area contributed by atoms with Gasteiger partial charge in [-0.15, -0.1) is 0 Å². The van der Waals surface area contributed by atoms with Gasteiger partial charge in [0, 0.05) is 12.5 Å². The molecule has 0 aromatic rings. The van der Waals surface area contributed by atoms with Crippen molar-refractivity contribution in [2.45, 2.75) is 58.9 Å². The fraction of sp³-hybridized carbons (Fsp3) is 0.867. The summed E-state index contributed by atoms with van der Waals surface area (Å²) in [6.07, 6.45) is 4.58. The highest BCUT2D eigenvalue weighted by Crippen LogP contribution is 2.42. The molecule has 3 unspecified atom stereocenters. The topological polar surface area (TPSA) is 63.4 Å². The fourth-order valence-corrected chi connectivity index (χ4v) is 3.45. The number of nitrogens with two attached hydrogens (primary N) is 1. The Hall–Kier alpha value is -0.900. The summed E-state index contributed by atoms with van der Waals surface area (Å²) in [6, 6.07) is 0.0410. The van der Waals surface area contributed by atoms with E-state index in [9.17, 15) is 9.59 Å². The Morgan fingerprint density at radius 1 is 1.32 bits per heavy atom. The number of nitrogens with zero attached hydrogens (tertiary/aromatic N) is 1. The number of imide groups is 1. The van der Waals surface area contributed by atoms with Crippen LogP contribution in [0.25, 0.3) is 0 Å². The molecular weight excluding hydrogens is 240 g/mol. The van der Waals surface area contributed by atoms with Crippen LogP contribution in [0.3, 0.4) is 0 Å². The highest BCUT2D eigenvalue weighted by Gasteiger charge is 2.53. The molecule has 108 valence electrons. The van der Waals surface area contributed by atoms with Crippen molar-refractivity contribution < 1.29 is 9.59 Å². The number of likely N-dealkylation sites (tertiary alicyclic amines) is 1. The molecule has 0 spiro atoms. The van der Waals surface area contributed by atoms with Crippen molar-refractivity contribution in [1.29, 1.82) is 0 Å². The molecule has 0 aromatic heterocycles. The maximum atomic E-state index is 12.7. The molecule has 1 aliphatic carbocycles. The van der Waals surface area contributed by atoms with Crippen LogP contribution in [0.15, 0.2) is 0 Å². The first-order valence-electron chi connectivity index (χ1n) is 7.48. The van der Waals surface area contributed by atoms with Crippen LogP contribution in [-0.2, 0) is 9.59 Å². The molecule has 2 aliphatic rings. The molecule has 1 saturated heterocycles. The van der Waals surface area contributed by atoms with Crippen LogP contribution < -0.4 is 5.73 Å². The summed E-state index contributed by atoms with van der Waals surface area (Å²) in [6.45, 7) is 6.55. The van der Waals surface area contributed by atoms with Gasteiger partial charge in [-0.3, -0.25) is 14.5 Å². The lowest BCUT2D eigenvalue weighted by atomic mass is 9.77. The SMILES string of the molecule is CC(C)C1(C)CC(=O)N(C2CCCCC2CN)C1=O. The van der Waals surface area contributed by atoms with Gasteiger partial charge in [-0.25, -0.2) is 0 Å². The van der Waals surface area contributed by atoms with E-state index < -0.39 is 5.41 Å². The van der Waals surface area contributed by atoms with Crippen molar-refractivity contribution in [3.63, 3.8) is 0 Å². The lowest BCUT2D eigenvalue weighted by molar-refractivity contribution is -0.146. The van der Waals surface area contributed by atoms with Crippen LogP contribution in [0.4, 0.5) is 0 Å². The zero-order chi connectivity index (χ0) is 14.2. The average molecular weight is 266 g/mol.